The molecule has 1 aromatic carbocycles. The molecule has 0 unspecified atom stereocenters. The Bertz CT molecular complexity index is 464. The molecule has 0 bridgehead atoms. The summed E-state index contributed by atoms with van der Waals surface area (Å²) in [6.07, 6.45) is -2.89. The Morgan fingerprint density at radius 1 is 1.33 bits per heavy atom. The molecule has 0 spiro atoms. The number of nitrogens with zero attached hydrogens (tertiary/aromatic N) is 1. The van der Waals surface area contributed by atoms with Gasteiger partial charge in [-0.1, -0.05) is 31.3 Å². The van der Waals surface area contributed by atoms with E-state index in [1.807, 2.05) is 4.90 Å². The summed E-state index contributed by atoms with van der Waals surface area (Å²) in [7, 11) is 0. The van der Waals surface area contributed by atoms with E-state index in [0.29, 0.717) is 22.5 Å². The van der Waals surface area contributed by atoms with Crippen LogP contribution in [0.25, 0.3) is 0 Å². The molecule has 1 aliphatic heterocycles. The topological polar surface area (TPSA) is 3.24 Å². The molecule has 1 heterocycles. The van der Waals surface area contributed by atoms with Crippen LogP contribution in [0.1, 0.15) is 30.0 Å². The van der Waals surface area contributed by atoms with Crippen LogP contribution in [-0.2, 0) is 12.6 Å². The lowest BCUT2D eigenvalue weighted by molar-refractivity contribution is -0.138. The van der Waals surface area contributed by atoms with Crippen LogP contribution in [0, 0.1) is 0 Å². The summed E-state index contributed by atoms with van der Waals surface area (Å²) >= 11 is 5.21. The molecular formula is C13H14F3NS. The third-order valence-corrected chi connectivity index (χ3v) is 3.68. The van der Waals surface area contributed by atoms with E-state index in [9.17, 15) is 13.2 Å². The molecule has 1 nitrogen and oxygen atoms in total. The molecule has 1 fully saturated rings. The fourth-order valence-electron chi connectivity index (χ4n) is 1.98. The highest BCUT2D eigenvalue weighted by Crippen LogP contribution is 2.33. The maximum absolute atomic E-state index is 12.9. The Kier molecular flexibility index (Phi) is 3.61. The van der Waals surface area contributed by atoms with Crippen molar-refractivity contribution in [3.05, 3.63) is 34.9 Å². The van der Waals surface area contributed by atoms with Crippen LogP contribution in [0.5, 0.6) is 0 Å². The van der Waals surface area contributed by atoms with E-state index in [1.54, 1.807) is 13.0 Å². The van der Waals surface area contributed by atoms with E-state index in [1.165, 1.54) is 12.1 Å². The standard InChI is InChI=1S/C13H14F3NS/c1-2-9-4-5-10(8-11(9)13(14,15)16)12(18)17-6-3-7-17/h4-5,8H,2-3,6-7H2,1H3. The van der Waals surface area contributed by atoms with E-state index < -0.39 is 11.7 Å². The number of thiocarbonyl (C=S) groups is 1. The summed E-state index contributed by atoms with van der Waals surface area (Å²) in [6.45, 7) is 3.41. The van der Waals surface area contributed by atoms with E-state index in [-0.39, 0.29) is 0 Å². The quantitative estimate of drug-likeness (QED) is 0.757. The Balaban J connectivity index is 2.36. The van der Waals surface area contributed by atoms with Gasteiger partial charge in [0.25, 0.3) is 0 Å². The Labute approximate surface area is 110 Å². The summed E-state index contributed by atoms with van der Waals surface area (Å²) < 4.78 is 38.8. The maximum atomic E-state index is 12.9. The van der Waals surface area contributed by atoms with Crippen molar-refractivity contribution in [2.75, 3.05) is 13.1 Å². The minimum absolute atomic E-state index is 0.317. The highest BCUT2D eigenvalue weighted by atomic mass is 32.1. The molecule has 0 saturated carbocycles. The first-order valence-corrected chi connectivity index (χ1v) is 6.33. The molecule has 1 aromatic rings. The van der Waals surface area contributed by atoms with Crippen LogP contribution in [0.2, 0.25) is 0 Å². The lowest BCUT2D eigenvalue weighted by Gasteiger charge is -2.33. The van der Waals surface area contributed by atoms with Crippen molar-refractivity contribution in [3.8, 4) is 0 Å². The number of hydrogen-bond donors (Lipinski definition) is 0. The normalized spacial score (nSPS) is 15.4. The van der Waals surface area contributed by atoms with E-state index in [0.717, 1.165) is 19.5 Å². The fraction of sp³-hybridized carbons (Fsp3) is 0.462. The second kappa shape index (κ2) is 4.88. The number of rotatable bonds is 2. The molecule has 1 aliphatic rings. The summed E-state index contributed by atoms with van der Waals surface area (Å²) in [5.41, 5.74) is 0.247. The van der Waals surface area contributed by atoms with Gasteiger partial charge in [0, 0.05) is 18.7 Å². The van der Waals surface area contributed by atoms with Gasteiger partial charge in [0.15, 0.2) is 0 Å². The van der Waals surface area contributed by atoms with Crippen molar-refractivity contribution in [1.29, 1.82) is 0 Å². The predicted molar refractivity (Wildman–Crippen MR) is 68.7 cm³/mol. The van der Waals surface area contributed by atoms with Crippen molar-refractivity contribution in [2.45, 2.75) is 25.9 Å². The maximum Gasteiger partial charge on any atom is 0.416 e. The zero-order valence-corrected chi connectivity index (χ0v) is 10.9. The number of alkyl halides is 3. The molecule has 18 heavy (non-hydrogen) atoms. The molecule has 0 amide bonds. The Morgan fingerprint density at radius 2 is 2.00 bits per heavy atom. The number of likely N-dealkylation sites (tertiary alicyclic amines) is 1. The van der Waals surface area contributed by atoms with Gasteiger partial charge in [0.2, 0.25) is 0 Å². The van der Waals surface area contributed by atoms with E-state index >= 15 is 0 Å². The predicted octanol–water partition coefficient (Wildman–Crippen LogP) is 3.65. The monoisotopic (exact) mass is 273 g/mol. The molecule has 98 valence electrons. The van der Waals surface area contributed by atoms with Crippen molar-refractivity contribution in [3.63, 3.8) is 0 Å². The van der Waals surface area contributed by atoms with Gasteiger partial charge in [0.1, 0.15) is 4.99 Å². The number of aryl methyl sites for hydroxylation is 1. The third kappa shape index (κ3) is 2.51. The van der Waals surface area contributed by atoms with Crippen LogP contribution in [0.15, 0.2) is 18.2 Å². The minimum atomic E-state index is -4.31. The van der Waals surface area contributed by atoms with Gasteiger partial charge in [0.05, 0.1) is 5.56 Å². The second-order valence-electron chi connectivity index (χ2n) is 4.37. The van der Waals surface area contributed by atoms with Gasteiger partial charge in [-0.05, 0) is 24.5 Å². The molecule has 0 atom stereocenters. The van der Waals surface area contributed by atoms with Crippen molar-refractivity contribution in [2.24, 2.45) is 0 Å². The van der Waals surface area contributed by atoms with Gasteiger partial charge in [-0.3, -0.25) is 0 Å². The second-order valence-corrected chi connectivity index (χ2v) is 4.76. The van der Waals surface area contributed by atoms with Crippen LogP contribution in [0.3, 0.4) is 0 Å². The summed E-state index contributed by atoms with van der Waals surface area (Å²) in [5.74, 6) is 0. The van der Waals surface area contributed by atoms with Gasteiger partial charge < -0.3 is 4.90 Å². The summed E-state index contributed by atoms with van der Waals surface area (Å²) in [4.78, 5) is 2.45. The molecule has 0 N–H and O–H groups in total. The number of halogens is 3. The third-order valence-electron chi connectivity index (χ3n) is 3.19. The first-order valence-electron chi connectivity index (χ1n) is 5.93. The van der Waals surface area contributed by atoms with Gasteiger partial charge in [-0.15, -0.1) is 0 Å². The van der Waals surface area contributed by atoms with E-state index in [4.69, 9.17) is 12.2 Å². The first-order chi connectivity index (χ1) is 8.43. The molecule has 0 radical (unpaired) electrons. The van der Waals surface area contributed by atoms with Crippen molar-refractivity contribution < 1.29 is 13.2 Å². The van der Waals surface area contributed by atoms with Gasteiger partial charge in [-0.2, -0.15) is 13.2 Å². The Morgan fingerprint density at radius 3 is 2.44 bits per heavy atom. The zero-order chi connectivity index (χ0) is 13.3. The van der Waals surface area contributed by atoms with E-state index in [2.05, 4.69) is 0 Å². The summed E-state index contributed by atoms with van der Waals surface area (Å²) in [6, 6.07) is 4.40. The molecule has 0 aliphatic carbocycles. The van der Waals surface area contributed by atoms with Crippen LogP contribution in [0.4, 0.5) is 13.2 Å². The van der Waals surface area contributed by atoms with Crippen molar-refractivity contribution >= 4 is 17.2 Å². The fourth-order valence-corrected chi connectivity index (χ4v) is 2.29. The Hall–Kier alpha value is -1.10. The lowest BCUT2D eigenvalue weighted by Crippen LogP contribution is -2.41. The zero-order valence-electron chi connectivity index (χ0n) is 10.0. The van der Waals surface area contributed by atoms with Crippen LogP contribution < -0.4 is 0 Å². The number of benzene rings is 1. The summed E-state index contributed by atoms with van der Waals surface area (Å²) in [5, 5.41) is 0. The molecule has 1 saturated heterocycles. The van der Waals surface area contributed by atoms with Crippen molar-refractivity contribution in [1.82, 2.24) is 4.90 Å². The first kappa shape index (κ1) is 13.3. The molecule has 0 aromatic heterocycles. The highest BCUT2D eigenvalue weighted by molar-refractivity contribution is 7.80. The van der Waals surface area contributed by atoms with Crippen LogP contribution >= 0.6 is 12.2 Å². The molecule has 2 rings (SSSR count). The molecule has 5 heteroatoms. The average Bonchev–Trinajstić information content (AvgIpc) is 2.24. The largest absolute Gasteiger partial charge is 0.416 e. The lowest BCUT2D eigenvalue weighted by atomic mass is 10.0. The molecular weight excluding hydrogens is 259 g/mol. The minimum Gasteiger partial charge on any atom is -0.362 e. The highest BCUT2D eigenvalue weighted by Gasteiger charge is 2.33. The average molecular weight is 273 g/mol. The van der Waals surface area contributed by atoms with Crippen LogP contribution in [-0.4, -0.2) is 23.0 Å². The number of hydrogen-bond acceptors (Lipinski definition) is 1. The SMILES string of the molecule is CCc1ccc(C(=S)N2CCC2)cc1C(F)(F)F. The van der Waals surface area contributed by atoms with Gasteiger partial charge in [-0.25, -0.2) is 0 Å². The smallest absolute Gasteiger partial charge is 0.362 e. The van der Waals surface area contributed by atoms with Gasteiger partial charge >= 0.3 is 6.18 Å².